The number of anilines is 2. The van der Waals surface area contributed by atoms with Gasteiger partial charge >= 0.3 is 0 Å². The highest BCUT2D eigenvalue weighted by atomic mass is 32.1. The molecule has 3 N–H and O–H groups in total. The van der Waals surface area contributed by atoms with Gasteiger partial charge in [-0.15, -0.1) is 16.4 Å². The summed E-state index contributed by atoms with van der Waals surface area (Å²) in [5.74, 6) is 0.871. The van der Waals surface area contributed by atoms with Gasteiger partial charge in [-0.05, 0) is 6.92 Å². The highest BCUT2D eigenvalue weighted by Crippen LogP contribution is 2.15. The van der Waals surface area contributed by atoms with E-state index in [1.807, 2.05) is 26.2 Å². The molecule has 0 saturated carbocycles. The van der Waals surface area contributed by atoms with Gasteiger partial charge in [-0.25, -0.2) is 4.98 Å². The smallest absolute Gasteiger partial charge is 0.244 e. The number of thiazole rings is 1. The number of nitrogens with one attached hydrogen (secondary N) is 1. The van der Waals surface area contributed by atoms with Crippen molar-refractivity contribution in [2.75, 3.05) is 17.6 Å². The quantitative estimate of drug-likeness (QED) is 0.854. The van der Waals surface area contributed by atoms with E-state index in [1.165, 1.54) is 16.0 Å². The van der Waals surface area contributed by atoms with Crippen molar-refractivity contribution in [1.82, 2.24) is 19.7 Å². The molecule has 0 radical (unpaired) electrons. The first-order chi connectivity index (χ1) is 7.81. The number of hydrogen-bond donors (Lipinski definition) is 2. The highest BCUT2D eigenvalue weighted by molar-refractivity contribution is 7.12. The van der Waals surface area contributed by atoms with Crippen molar-refractivity contribution >= 4 is 23.2 Å². The number of nitrogens with two attached hydrogens (primary N) is 1. The molecule has 2 aromatic rings. The maximum Gasteiger partial charge on any atom is 0.244 e. The Hall–Kier alpha value is -1.63. The molecule has 2 rings (SSSR count). The second-order valence-electron chi connectivity index (χ2n) is 2.55. The molecular weight excluding hydrogens is 224 g/mol. The van der Waals surface area contributed by atoms with Crippen LogP contribution < -0.4 is 11.1 Å². The predicted molar refractivity (Wildman–Crippen MR) is 67.0 cm³/mol. The van der Waals surface area contributed by atoms with Gasteiger partial charge in [0.2, 0.25) is 17.0 Å². The van der Waals surface area contributed by atoms with E-state index in [9.17, 15) is 0 Å². The SMILES string of the molecule is CC.CCNc1nc(N)n(-c2nccs2)n1. The molecule has 0 spiro atoms. The van der Waals surface area contributed by atoms with Crippen LogP contribution in [0.1, 0.15) is 20.8 Å². The first-order valence-corrected chi connectivity index (χ1v) is 6.05. The van der Waals surface area contributed by atoms with Crippen molar-refractivity contribution in [2.24, 2.45) is 0 Å². The van der Waals surface area contributed by atoms with Crippen molar-refractivity contribution in [1.29, 1.82) is 0 Å². The molecule has 7 heteroatoms. The van der Waals surface area contributed by atoms with Crippen LogP contribution in [0.25, 0.3) is 5.13 Å². The first kappa shape index (κ1) is 12.4. The lowest BCUT2D eigenvalue weighted by Gasteiger charge is -1.94. The van der Waals surface area contributed by atoms with Crippen LogP contribution in [0.5, 0.6) is 0 Å². The van der Waals surface area contributed by atoms with E-state index in [0.29, 0.717) is 11.9 Å². The molecule has 6 nitrogen and oxygen atoms in total. The Balaban J connectivity index is 0.000000606. The molecule has 2 heterocycles. The van der Waals surface area contributed by atoms with Gasteiger partial charge in [0.1, 0.15) is 0 Å². The van der Waals surface area contributed by atoms with Crippen LogP contribution in [0.3, 0.4) is 0 Å². The Bertz CT molecular complexity index is 408. The second kappa shape index (κ2) is 6.06. The molecule has 0 amide bonds. The zero-order chi connectivity index (χ0) is 12.0. The minimum atomic E-state index is 0.343. The number of aromatic nitrogens is 4. The predicted octanol–water partition coefficient (Wildman–Crippen LogP) is 1.76. The van der Waals surface area contributed by atoms with Gasteiger partial charge in [0.25, 0.3) is 0 Å². The third-order valence-electron chi connectivity index (χ3n) is 1.57. The van der Waals surface area contributed by atoms with Gasteiger partial charge in [0, 0.05) is 18.1 Å². The minimum Gasteiger partial charge on any atom is -0.368 e. The second-order valence-corrected chi connectivity index (χ2v) is 3.42. The van der Waals surface area contributed by atoms with Crippen LogP contribution >= 0.6 is 11.3 Å². The summed E-state index contributed by atoms with van der Waals surface area (Å²) >= 11 is 1.46. The van der Waals surface area contributed by atoms with Crippen LogP contribution in [0.2, 0.25) is 0 Å². The zero-order valence-electron chi connectivity index (χ0n) is 9.64. The summed E-state index contributed by atoms with van der Waals surface area (Å²) in [7, 11) is 0. The van der Waals surface area contributed by atoms with Gasteiger partial charge in [0.15, 0.2) is 0 Å². The van der Waals surface area contributed by atoms with E-state index < -0.39 is 0 Å². The zero-order valence-corrected chi connectivity index (χ0v) is 10.5. The molecule has 0 saturated heterocycles. The van der Waals surface area contributed by atoms with Crippen LogP contribution in [0, 0.1) is 0 Å². The molecule has 16 heavy (non-hydrogen) atoms. The van der Waals surface area contributed by atoms with Crippen molar-refractivity contribution in [2.45, 2.75) is 20.8 Å². The summed E-state index contributed by atoms with van der Waals surface area (Å²) < 4.78 is 1.52. The molecule has 0 bridgehead atoms. The molecule has 2 aromatic heterocycles. The van der Waals surface area contributed by atoms with E-state index in [2.05, 4.69) is 20.4 Å². The first-order valence-electron chi connectivity index (χ1n) is 5.17. The van der Waals surface area contributed by atoms with Crippen molar-refractivity contribution in [3.8, 4) is 5.13 Å². The molecule has 0 aliphatic heterocycles. The summed E-state index contributed by atoms with van der Waals surface area (Å²) in [6.45, 7) is 6.74. The summed E-state index contributed by atoms with van der Waals surface area (Å²) in [4.78, 5) is 8.13. The maximum absolute atomic E-state index is 5.68. The third-order valence-corrected chi connectivity index (χ3v) is 2.31. The van der Waals surface area contributed by atoms with Crippen LogP contribution in [0.4, 0.5) is 11.9 Å². The highest BCUT2D eigenvalue weighted by Gasteiger charge is 2.09. The number of nitrogen functional groups attached to an aromatic ring is 1. The normalized spacial score (nSPS) is 9.44. The summed E-state index contributed by atoms with van der Waals surface area (Å²) in [6, 6.07) is 0. The number of rotatable bonds is 3. The van der Waals surface area contributed by atoms with Crippen LogP contribution in [0.15, 0.2) is 11.6 Å². The Kier molecular flexibility index (Phi) is 4.71. The van der Waals surface area contributed by atoms with Crippen LogP contribution in [-0.4, -0.2) is 26.3 Å². The summed E-state index contributed by atoms with van der Waals surface area (Å²) in [5.41, 5.74) is 5.68. The van der Waals surface area contributed by atoms with Gasteiger partial charge in [-0.3, -0.25) is 0 Å². The Morgan fingerprint density at radius 3 is 2.81 bits per heavy atom. The van der Waals surface area contributed by atoms with E-state index in [-0.39, 0.29) is 0 Å². The van der Waals surface area contributed by atoms with E-state index in [1.54, 1.807) is 6.20 Å². The fraction of sp³-hybridized carbons (Fsp3) is 0.444. The topological polar surface area (TPSA) is 81.6 Å². The summed E-state index contributed by atoms with van der Waals surface area (Å²) in [6.07, 6.45) is 1.70. The standard InChI is InChI=1S/C7H10N6S.C2H6/c1-2-9-6-11-5(8)13(12-6)7-10-3-4-14-7;1-2/h3-4H,2H2,1H3,(H3,8,9,11,12);1-2H3. The average Bonchev–Trinajstić information content (AvgIpc) is 2.91. The number of nitrogens with zero attached hydrogens (tertiary/aromatic N) is 4. The van der Waals surface area contributed by atoms with Crippen molar-refractivity contribution in [3.05, 3.63) is 11.6 Å². The Labute approximate surface area is 98.5 Å². The third kappa shape index (κ3) is 2.69. The lowest BCUT2D eigenvalue weighted by molar-refractivity contribution is 0.878. The lowest BCUT2D eigenvalue weighted by atomic mass is 10.7. The molecule has 0 fully saturated rings. The minimum absolute atomic E-state index is 0.343. The fourth-order valence-corrected chi connectivity index (χ4v) is 1.62. The van der Waals surface area contributed by atoms with Gasteiger partial charge in [0.05, 0.1) is 0 Å². The molecule has 0 aromatic carbocycles. The van der Waals surface area contributed by atoms with E-state index in [0.717, 1.165) is 11.7 Å². The monoisotopic (exact) mass is 240 g/mol. The largest absolute Gasteiger partial charge is 0.368 e. The molecular formula is C9H16N6S. The van der Waals surface area contributed by atoms with Gasteiger partial charge < -0.3 is 11.1 Å². The van der Waals surface area contributed by atoms with Crippen molar-refractivity contribution in [3.63, 3.8) is 0 Å². The average molecular weight is 240 g/mol. The van der Waals surface area contributed by atoms with E-state index >= 15 is 0 Å². The van der Waals surface area contributed by atoms with Crippen molar-refractivity contribution < 1.29 is 0 Å². The molecule has 88 valence electrons. The van der Waals surface area contributed by atoms with Gasteiger partial charge in [-0.2, -0.15) is 9.67 Å². The Morgan fingerprint density at radius 2 is 2.25 bits per heavy atom. The van der Waals surface area contributed by atoms with Crippen LogP contribution in [-0.2, 0) is 0 Å². The maximum atomic E-state index is 5.68. The molecule has 0 aliphatic carbocycles. The van der Waals surface area contributed by atoms with Gasteiger partial charge in [-0.1, -0.05) is 13.8 Å². The van der Waals surface area contributed by atoms with E-state index in [4.69, 9.17) is 5.73 Å². The molecule has 0 aliphatic rings. The molecule has 0 unspecified atom stereocenters. The lowest BCUT2D eigenvalue weighted by Crippen LogP contribution is -2.02. The summed E-state index contributed by atoms with van der Waals surface area (Å²) in [5, 5.41) is 9.73. The molecule has 0 atom stereocenters. The fourth-order valence-electron chi connectivity index (χ4n) is 1.02. The Morgan fingerprint density at radius 1 is 1.50 bits per heavy atom. The number of hydrogen-bond acceptors (Lipinski definition) is 6.